The first-order valence-electron chi connectivity index (χ1n) is 7.16. The van der Waals surface area contributed by atoms with E-state index < -0.39 is 0 Å². The summed E-state index contributed by atoms with van der Waals surface area (Å²) in [6.07, 6.45) is 0.786. The lowest BCUT2D eigenvalue weighted by molar-refractivity contribution is 0.0950. The molecule has 0 radical (unpaired) electrons. The number of anilines is 1. The maximum atomic E-state index is 12.1. The number of aromatic nitrogens is 2. The van der Waals surface area contributed by atoms with Crippen molar-refractivity contribution >= 4 is 11.6 Å². The molecule has 4 N–H and O–H groups in total. The average molecular weight is 286 g/mol. The van der Waals surface area contributed by atoms with Crippen molar-refractivity contribution < 1.29 is 4.79 Å². The van der Waals surface area contributed by atoms with E-state index in [1.54, 1.807) is 0 Å². The van der Waals surface area contributed by atoms with Crippen molar-refractivity contribution in [2.24, 2.45) is 0 Å². The molecule has 1 aromatic carbocycles. The Bertz CT molecular complexity index is 631. The molecule has 0 aliphatic heterocycles. The lowest BCUT2D eigenvalue weighted by Crippen LogP contribution is -2.26. The quantitative estimate of drug-likeness (QED) is 0.789. The standard InChI is InChI=1S/C16H22N4O/c1-10(2)14-13(17)15(20-19-14)16(21)18-8-7-12-6-4-5-11(3)9-12/h4-6,9-10H,7-8,17H2,1-3H3,(H,18,21)(H,19,20). The first-order chi connectivity index (χ1) is 9.99. The van der Waals surface area contributed by atoms with Gasteiger partial charge in [0.05, 0.1) is 11.4 Å². The molecule has 1 amide bonds. The van der Waals surface area contributed by atoms with Crippen LogP contribution in [0.15, 0.2) is 24.3 Å². The summed E-state index contributed by atoms with van der Waals surface area (Å²) in [6.45, 7) is 6.62. The molecule has 5 nitrogen and oxygen atoms in total. The maximum Gasteiger partial charge on any atom is 0.273 e. The minimum Gasteiger partial charge on any atom is -0.395 e. The summed E-state index contributed by atoms with van der Waals surface area (Å²) in [5, 5.41) is 9.71. The van der Waals surface area contributed by atoms with Crippen molar-refractivity contribution in [2.75, 3.05) is 12.3 Å². The van der Waals surface area contributed by atoms with Crippen molar-refractivity contribution in [2.45, 2.75) is 33.1 Å². The zero-order chi connectivity index (χ0) is 15.4. The van der Waals surface area contributed by atoms with Crippen molar-refractivity contribution in [3.05, 3.63) is 46.8 Å². The van der Waals surface area contributed by atoms with E-state index in [1.165, 1.54) is 11.1 Å². The summed E-state index contributed by atoms with van der Waals surface area (Å²) in [7, 11) is 0. The van der Waals surface area contributed by atoms with Gasteiger partial charge in [-0.25, -0.2) is 0 Å². The second-order valence-electron chi connectivity index (χ2n) is 5.55. The fourth-order valence-corrected chi connectivity index (χ4v) is 2.25. The second-order valence-corrected chi connectivity index (χ2v) is 5.55. The van der Waals surface area contributed by atoms with E-state index in [9.17, 15) is 4.79 Å². The van der Waals surface area contributed by atoms with E-state index in [4.69, 9.17) is 5.73 Å². The molecule has 0 fully saturated rings. The van der Waals surface area contributed by atoms with Gasteiger partial charge < -0.3 is 11.1 Å². The van der Waals surface area contributed by atoms with E-state index in [2.05, 4.69) is 40.6 Å². The number of nitrogens with two attached hydrogens (primary N) is 1. The van der Waals surface area contributed by atoms with Gasteiger partial charge in [0.1, 0.15) is 0 Å². The molecule has 0 bridgehead atoms. The second kappa shape index (κ2) is 6.43. The van der Waals surface area contributed by atoms with Gasteiger partial charge in [-0.15, -0.1) is 0 Å². The molecule has 0 saturated heterocycles. The van der Waals surface area contributed by atoms with Gasteiger partial charge in [-0.2, -0.15) is 5.10 Å². The van der Waals surface area contributed by atoms with Crippen LogP contribution in [0.2, 0.25) is 0 Å². The Labute approximate surface area is 124 Å². The number of carbonyl (C=O) groups excluding carboxylic acids is 1. The Morgan fingerprint density at radius 2 is 2.19 bits per heavy atom. The number of rotatable bonds is 5. The van der Waals surface area contributed by atoms with Gasteiger partial charge in [-0.05, 0) is 24.8 Å². The molecule has 0 atom stereocenters. The van der Waals surface area contributed by atoms with Crippen LogP contribution in [0.25, 0.3) is 0 Å². The molecule has 21 heavy (non-hydrogen) atoms. The van der Waals surface area contributed by atoms with Crippen molar-refractivity contribution in [3.63, 3.8) is 0 Å². The van der Waals surface area contributed by atoms with Crippen LogP contribution in [0.1, 0.15) is 47.1 Å². The van der Waals surface area contributed by atoms with Crippen LogP contribution in [-0.4, -0.2) is 22.6 Å². The third-order valence-corrected chi connectivity index (χ3v) is 3.41. The summed E-state index contributed by atoms with van der Waals surface area (Å²) < 4.78 is 0. The molecule has 0 spiro atoms. The Morgan fingerprint density at radius 3 is 2.81 bits per heavy atom. The van der Waals surface area contributed by atoms with Gasteiger partial charge in [0.15, 0.2) is 5.69 Å². The molecule has 0 aliphatic rings. The molecular weight excluding hydrogens is 264 g/mol. The third-order valence-electron chi connectivity index (χ3n) is 3.41. The van der Waals surface area contributed by atoms with Gasteiger partial charge in [0.2, 0.25) is 0 Å². The number of carbonyl (C=O) groups is 1. The summed E-state index contributed by atoms with van der Waals surface area (Å²) in [5.41, 5.74) is 9.90. The zero-order valence-electron chi connectivity index (χ0n) is 12.7. The Balaban J connectivity index is 1.93. The van der Waals surface area contributed by atoms with Crippen LogP contribution >= 0.6 is 0 Å². The lowest BCUT2D eigenvalue weighted by atomic mass is 10.1. The van der Waals surface area contributed by atoms with Crippen LogP contribution in [0.4, 0.5) is 5.69 Å². The molecule has 0 aliphatic carbocycles. The highest BCUT2D eigenvalue weighted by Gasteiger charge is 2.18. The van der Waals surface area contributed by atoms with E-state index in [1.807, 2.05) is 19.9 Å². The van der Waals surface area contributed by atoms with Crippen LogP contribution < -0.4 is 11.1 Å². The number of H-pyrrole nitrogens is 1. The summed E-state index contributed by atoms with van der Waals surface area (Å²) in [5.74, 6) is -0.0188. The Morgan fingerprint density at radius 1 is 1.43 bits per heavy atom. The number of hydrogen-bond donors (Lipinski definition) is 3. The molecule has 5 heteroatoms. The normalized spacial score (nSPS) is 10.9. The van der Waals surface area contributed by atoms with Crippen LogP contribution in [0.3, 0.4) is 0 Å². The number of nitrogen functional groups attached to an aromatic ring is 1. The van der Waals surface area contributed by atoms with Crippen molar-refractivity contribution in [1.82, 2.24) is 15.5 Å². The first kappa shape index (κ1) is 15.1. The molecule has 112 valence electrons. The number of hydrogen-bond acceptors (Lipinski definition) is 3. The van der Waals surface area contributed by atoms with Crippen LogP contribution in [0.5, 0.6) is 0 Å². The fourth-order valence-electron chi connectivity index (χ4n) is 2.25. The van der Waals surface area contributed by atoms with Gasteiger partial charge in [-0.1, -0.05) is 43.7 Å². The molecule has 0 unspecified atom stereocenters. The SMILES string of the molecule is Cc1cccc(CCNC(=O)c2n[nH]c(C(C)C)c2N)c1. The van der Waals surface area contributed by atoms with Gasteiger partial charge >= 0.3 is 0 Å². The predicted molar refractivity (Wildman–Crippen MR) is 84.3 cm³/mol. The highest BCUT2D eigenvalue weighted by Crippen LogP contribution is 2.21. The Hall–Kier alpha value is -2.30. The maximum absolute atomic E-state index is 12.1. The molecular formula is C16H22N4O. The van der Waals surface area contributed by atoms with Crippen molar-refractivity contribution in [1.29, 1.82) is 0 Å². The van der Waals surface area contributed by atoms with E-state index in [0.717, 1.165) is 12.1 Å². The van der Waals surface area contributed by atoms with Crippen LogP contribution in [-0.2, 0) is 6.42 Å². The molecule has 2 aromatic rings. The molecule has 1 aromatic heterocycles. The van der Waals surface area contributed by atoms with Gasteiger partial charge in [0, 0.05) is 6.54 Å². The molecule has 0 saturated carbocycles. The number of benzene rings is 1. The van der Waals surface area contributed by atoms with Gasteiger partial charge in [-0.3, -0.25) is 9.89 Å². The number of nitrogens with one attached hydrogen (secondary N) is 2. The fraction of sp³-hybridized carbons (Fsp3) is 0.375. The van der Waals surface area contributed by atoms with Crippen LogP contribution in [0, 0.1) is 6.92 Å². The van der Waals surface area contributed by atoms with Crippen molar-refractivity contribution in [3.8, 4) is 0 Å². The summed E-state index contributed by atoms with van der Waals surface area (Å²) in [6, 6.07) is 8.25. The lowest BCUT2D eigenvalue weighted by Gasteiger charge is -2.06. The van der Waals surface area contributed by atoms with E-state index in [-0.39, 0.29) is 17.5 Å². The minimum absolute atomic E-state index is 0.214. The topological polar surface area (TPSA) is 83.8 Å². The first-order valence-corrected chi connectivity index (χ1v) is 7.16. The summed E-state index contributed by atoms with van der Waals surface area (Å²) >= 11 is 0. The zero-order valence-corrected chi connectivity index (χ0v) is 12.7. The molecule has 1 heterocycles. The predicted octanol–water partition coefficient (Wildman–Crippen LogP) is 2.40. The summed E-state index contributed by atoms with van der Waals surface area (Å²) in [4.78, 5) is 12.1. The number of amides is 1. The third kappa shape index (κ3) is 3.62. The van der Waals surface area contributed by atoms with Gasteiger partial charge in [0.25, 0.3) is 5.91 Å². The monoisotopic (exact) mass is 286 g/mol. The average Bonchev–Trinajstić information content (AvgIpc) is 2.80. The largest absolute Gasteiger partial charge is 0.395 e. The molecule has 2 rings (SSSR count). The number of nitrogens with zero attached hydrogens (tertiary/aromatic N) is 1. The van der Waals surface area contributed by atoms with E-state index >= 15 is 0 Å². The number of aryl methyl sites for hydroxylation is 1. The highest BCUT2D eigenvalue weighted by molar-refractivity contribution is 5.97. The Kier molecular flexibility index (Phi) is 4.62. The smallest absolute Gasteiger partial charge is 0.273 e. The van der Waals surface area contributed by atoms with E-state index in [0.29, 0.717) is 12.2 Å². The highest BCUT2D eigenvalue weighted by atomic mass is 16.1. The number of aromatic amines is 1. The minimum atomic E-state index is -0.233.